The molecule has 0 fully saturated rings. The second-order valence-electron chi connectivity index (χ2n) is 2.32. The molecule has 5 nitrogen and oxygen atoms in total. The number of nitrogens with two attached hydrogens (primary N) is 1. The summed E-state index contributed by atoms with van der Waals surface area (Å²) < 4.78 is 1.54. The first kappa shape index (κ1) is 6.78. The van der Waals surface area contributed by atoms with Crippen molar-refractivity contribution in [2.75, 3.05) is 0 Å². The van der Waals surface area contributed by atoms with Gasteiger partial charge in [-0.2, -0.15) is 0 Å². The number of primary amides is 1. The average molecular weight is 162 g/mol. The van der Waals surface area contributed by atoms with Crippen LogP contribution in [0.25, 0.3) is 5.65 Å². The van der Waals surface area contributed by atoms with E-state index in [-0.39, 0.29) is 0 Å². The maximum atomic E-state index is 10.8. The van der Waals surface area contributed by atoms with Crippen molar-refractivity contribution < 1.29 is 4.79 Å². The summed E-state index contributed by atoms with van der Waals surface area (Å²) in [7, 11) is 0. The van der Waals surface area contributed by atoms with E-state index < -0.39 is 5.91 Å². The lowest BCUT2D eigenvalue weighted by atomic mass is 10.4. The molecule has 2 aromatic rings. The molecule has 5 heteroatoms. The maximum Gasteiger partial charge on any atom is 0.265 e. The summed E-state index contributed by atoms with van der Waals surface area (Å²) in [5, 5.41) is 0. The van der Waals surface area contributed by atoms with Crippen LogP contribution < -0.4 is 5.73 Å². The number of nitrogens with zero attached hydrogens (tertiary/aromatic N) is 3. The van der Waals surface area contributed by atoms with Crippen molar-refractivity contribution in [2.45, 2.75) is 0 Å². The van der Waals surface area contributed by atoms with E-state index >= 15 is 0 Å². The lowest BCUT2D eigenvalue weighted by molar-refractivity contribution is 0.0994. The number of fused-ring (bicyclic) bond motifs is 1. The van der Waals surface area contributed by atoms with Gasteiger partial charge in [0.15, 0.2) is 0 Å². The largest absolute Gasteiger partial charge is 0.364 e. The molecule has 0 spiro atoms. The zero-order valence-electron chi connectivity index (χ0n) is 6.14. The zero-order valence-corrected chi connectivity index (χ0v) is 6.14. The number of carbonyl (C=O) groups is 1. The molecule has 2 heterocycles. The van der Waals surface area contributed by atoms with Gasteiger partial charge in [0.2, 0.25) is 0 Å². The number of carbonyl (C=O) groups excluding carboxylic acids is 1. The Morgan fingerprint density at radius 1 is 1.50 bits per heavy atom. The molecule has 0 radical (unpaired) electrons. The monoisotopic (exact) mass is 162 g/mol. The Hall–Kier alpha value is -1.91. The van der Waals surface area contributed by atoms with Gasteiger partial charge in [-0.15, -0.1) is 0 Å². The molecule has 0 atom stereocenters. The molecular formula is C7H6N4O. The molecule has 0 bridgehead atoms. The van der Waals surface area contributed by atoms with E-state index in [4.69, 9.17) is 5.73 Å². The first-order chi connectivity index (χ1) is 5.79. The minimum absolute atomic E-state index is 0.394. The highest BCUT2D eigenvalue weighted by Crippen LogP contribution is 2.04. The van der Waals surface area contributed by atoms with Crippen LogP contribution in [0.2, 0.25) is 0 Å². The van der Waals surface area contributed by atoms with Gasteiger partial charge in [0, 0.05) is 0 Å². The van der Waals surface area contributed by atoms with Crippen molar-refractivity contribution in [3.05, 3.63) is 30.5 Å². The second-order valence-corrected chi connectivity index (χ2v) is 2.32. The minimum Gasteiger partial charge on any atom is -0.364 e. The topological polar surface area (TPSA) is 73.3 Å². The normalized spacial score (nSPS) is 10.3. The third-order valence-corrected chi connectivity index (χ3v) is 1.59. The second kappa shape index (κ2) is 2.30. The molecule has 0 aromatic carbocycles. The summed E-state index contributed by atoms with van der Waals surface area (Å²) in [5.74, 6) is -0.482. The van der Waals surface area contributed by atoms with Crippen molar-refractivity contribution in [3.8, 4) is 0 Å². The van der Waals surface area contributed by atoms with Gasteiger partial charge >= 0.3 is 0 Å². The lowest BCUT2D eigenvalue weighted by Gasteiger charge is -1.94. The predicted molar refractivity (Wildman–Crippen MR) is 41.5 cm³/mol. The number of rotatable bonds is 1. The Kier molecular flexibility index (Phi) is 1.30. The molecule has 0 aliphatic rings. The number of amides is 1. The maximum absolute atomic E-state index is 10.8. The molecular weight excluding hydrogens is 156 g/mol. The average Bonchev–Trinajstić information content (AvgIpc) is 2.47. The third kappa shape index (κ3) is 0.833. The molecule has 0 aliphatic heterocycles. The van der Waals surface area contributed by atoms with Gasteiger partial charge in [0.05, 0.1) is 0 Å². The number of hydrogen-bond donors (Lipinski definition) is 1. The van der Waals surface area contributed by atoms with E-state index in [1.807, 2.05) is 0 Å². The third-order valence-electron chi connectivity index (χ3n) is 1.59. The van der Waals surface area contributed by atoms with Gasteiger partial charge in [-0.3, -0.25) is 9.20 Å². The van der Waals surface area contributed by atoms with Crippen LogP contribution in [-0.2, 0) is 0 Å². The summed E-state index contributed by atoms with van der Waals surface area (Å²) in [6.45, 7) is 0. The van der Waals surface area contributed by atoms with E-state index in [1.54, 1.807) is 16.5 Å². The van der Waals surface area contributed by atoms with Crippen molar-refractivity contribution in [2.24, 2.45) is 5.73 Å². The van der Waals surface area contributed by atoms with Crippen LogP contribution in [0.4, 0.5) is 0 Å². The van der Waals surface area contributed by atoms with Crippen LogP contribution in [0.15, 0.2) is 24.8 Å². The van der Waals surface area contributed by atoms with Gasteiger partial charge < -0.3 is 5.73 Å². The summed E-state index contributed by atoms with van der Waals surface area (Å²) in [6, 6.07) is 3.33. The van der Waals surface area contributed by atoms with Gasteiger partial charge in [0.25, 0.3) is 5.91 Å². The summed E-state index contributed by atoms with van der Waals surface area (Å²) in [5.41, 5.74) is 6.17. The first-order valence-electron chi connectivity index (χ1n) is 3.36. The van der Waals surface area contributed by atoms with Crippen molar-refractivity contribution >= 4 is 11.6 Å². The fourth-order valence-electron chi connectivity index (χ4n) is 1.05. The van der Waals surface area contributed by atoms with Gasteiger partial charge in [-0.1, -0.05) is 0 Å². The molecule has 60 valence electrons. The molecule has 0 saturated carbocycles. The van der Waals surface area contributed by atoms with Crippen LogP contribution in [-0.4, -0.2) is 20.3 Å². The molecule has 2 N–H and O–H groups in total. The lowest BCUT2D eigenvalue weighted by Crippen LogP contribution is -2.13. The summed E-state index contributed by atoms with van der Waals surface area (Å²) in [4.78, 5) is 18.5. The Balaban J connectivity index is 2.79. The van der Waals surface area contributed by atoms with Crippen LogP contribution >= 0.6 is 0 Å². The van der Waals surface area contributed by atoms with Gasteiger partial charge in [-0.05, 0) is 12.1 Å². The molecule has 12 heavy (non-hydrogen) atoms. The van der Waals surface area contributed by atoms with Crippen molar-refractivity contribution in [1.29, 1.82) is 0 Å². The van der Waals surface area contributed by atoms with E-state index in [0.717, 1.165) is 0 Å². The number of hydrogen-bond acceptors (Lipinski definition) is 3. The van der Waals surface area contributed by atoms with Crippen molar-refractivity contribution in [1.82, 2.24) is 14.4 Å². The SMILES string of the molecule is NC(=O)c1ccc2ncncn12. The molecule has 2 rings (SSSR count). The van der Waals surface area contributed by atoms with Gasteiger partial charge in [-0.25, -0.2) is 9.97 Å². The smallest absolute Gasteiger partial charge is 0.265 e. The Morgan fingerprint density at radius 3 is 3.08 bits per heavy atom. The minimum atomic E-state index is -0.482. The van der Waals surface area contributed by atoms with Gasteiger partial charge in [0.1, 0.15) is 24.0 Å². The van der Waals surface area contributed by atoms with E-state index in [0.29, 0.717) is 11.3 Å². The zero-order chi connectivity index (χ0) is 8.55. The van der Waals surface area contributed by atoms with Crippen LogP contribution in [0, 0.1) is 0 Å². The quantitative estimate of drug-likeness (QED) is 0.632. The molecule has 2 aromatic heterocycles. The summed E-state index contributed by atoms with van der Waals surface area (Å²) >= 11 is 0. The molecule has 0 aliphatic carbocycles. The summed E-state index contributed by atoms with van der Waals surface area (Å²) in [6.07, 6.45) is 2.92. The standard InChI is InChI=1S/C7H6N4O/c8-7(12)5-1-2-6-10-3-9-4-11(5)6/h1-4H,(H2,8,12). The van der Waals surface area contributed by atoms with Crippen LogP contribution in [0.5, 0.6) is 0 Å². The van der Waals surface area contributed by atoms with E-state index in [9.17, 15) is 4.79 Å². The predicted octanol–water partition coefficient (Wildman–Crippen LogP) is -0.172. The van der Waals surface area contributed by atoms with Crippen molar-refractivity contribution in [3.63, 3.8) is 0 Å². The van der Waals surface area contributed by atoms with Crippen LogP contribution in [0.1, 0.15) is 10.5 Å². The van der Waals surface area contributed by atoms with E-state index in [1.165, 1.54) is 12.7 Å². The molecule has 1 amide bonds. The molecule has 0 saturated heterocycles. The van der Waals surface area contributed by atoms with Crippen LogP contribution in [0.3, 0.4) is 0 Å². The number of aromatic nitrogens is 3. The molecule has 0 unspecified atom stereocenters. The Morgan fingerprint density at radius 2 is 2.33 bits per heavy atom. The highest BCUT2D eigenvalue weighted by atomic mass is 16.1. The highest BCUT2D eigenvalue weighted by molar-refractivity contribution is 5.92. The first-order valence-corrected chi connectivity index (χ1v) is 3.36. The van der Waals surface area contributed by atoms with E-state index in [2.05, 4.69) is 9.97 Å². The Bertz CT molecular complexity index is 434. The highest BCUT2D eigenvalue weighted by Gasteiger charge is 2.05. The fraction of sp³-hybridized carbons (Fsp3) is 0. The fourth-order valence-corrected chi connectivity index (χ4v) is 1.05. The Labute approximate surface area is 67.9 Å².